The first-order chi connectivity index (χ1) is 10.6. The van der Waals surface area contributed by atoms with Crippen molar-refractivity contribution in [1.82, 2.24) is 10.2 Å². The highest BCUT2D eigenvalue weighted by atomic mass is 32.2. The van der Waals surface area contributed by atoms with E-state index in [0.717, 1.165) is 44.0 Å². The van der Waals surface area contributed by atoms with Crippen LogP contribution < -0.4 is 5.32 Å². The number of thioether (sulfide) groups is 1. The van der Waals surface area contributed by atoms with Crippen molar-refractivity contribution in [3.63, 3.8) is 0 Å². The highest BCUT2D eigenvalue weighted by molar-refractivity contribution is 7.99. The molecule has 1 saturated heterocycles. The van der Waals surface area contributed by atoms with Gasteiger partial charge in [0.15, 0.2) is 0 Å². The lowest BCUT2D eigenvalue weighted by Crippen LogP contribution is -2.38. The van der Waals surface area contributed by atoms with E-state index < -0.39 is 0 Å². The lowest BCUT2D eigenvalue weighted by Gasteiger charge is -2.32. The molecule has 0 atom stereocenters. The molecule has 0 aliphatic carbocycles. The number of amides is 1. The van der Waals surface area contributed by atoms with Gasteiger partial charge in [-0.1, -0.05) is 13.8 Å². The molecule has 1 heterocycles. The number of rotatable bonds is 6. The number of likely N-dealkylation sites (tertiary alicyclic amines) is 1. The van der Waals surface area contributed by atoms with Gasteiger partial charge in [0.05, 0.1) is 0 Å². The highest BCUT2D eigenvalue weighted by Gasteiger charge is 2.23. The highest BCUT2D eigenvalue weighted by Crippen LogP contribution is 2.25. The molecule has 0 radical (unpaired) electrons. The molecule has 1 aromatic rings. The third-order valence-electron chi connectivity index (χ3n) is 4.18. The number of piperidine rings is 1. The van der Waals surface area contributed by atoms with Crippen LogP contribution in [0, 0.1) is 5.92 Å². The average Bonchev–Trinajstić information content (AvgIpc) is 2.53. The predicted molar refractivity (Wildman–Crippen MR) is 94.6 cm³/mol. The minimum Gasteiger partial charge on any atom is -0.339 e. The molecule has 0 aromatic heterocycles. The van der Waals surface area contributed by atoms with Gasteiger partial charge in [0.1, 0.15) is 0 Å². The molecular weight excluding hydrogens is 292 g/mol. The fourth-order valence-electron chi connectivity index (χ4n) is 2.90. The van der Waals surface area contributed by atoms with Gasteiger partial charge in [0, 0.05) is 28.8 Å². The fourth-order valence-corrected chi connectivity index (χ4v) is 3.74. The number of carbonyl (C=O) groups is 1. The van der Waals surface area contributed by atoms with E-state index in [1.54, 1.807) is 0 Å². The molecule has 3 nitrogen and oxygen atoms in total. The molecule has 1 amide bonds. The van der Waals surface area contributed by atoms with Crippen molar-refractivity contribution in [2.75, 3.05) is 26.7 Å². The van der Waals surface area contributed by atoms with Crippen molar-refractivity contribution < 1.29 is 4.79 Å². The minimum absolute atomic E-state index is 0.188. The van der Waals surface area contributed by atoms with Crippen molar-refractivity contribution in [2.24, 2.45) is 5.92 Å². The van der Waals surface area contributed by atoms with E-state index >= 15 is 0 Å². The normalized spacial score (nSPS) is 16.3. The largest absolute Gasteiger partial charge is 0.339 e. The molecule has 1 aliphatic rings. The quantitative estimate of drug-likeness (QED) is 0.812. The van der Waals surface area contributed by atoms with Crippen LogP contribution in [0.5, 0.6) is 0 Å². The molecule has 1 aromatic carbocycles. The number of benzene rings is 1. The van der Waals surface area contributed by atoms with Crippen molar-refractivity contribution in [1.29, 1.82) is 0 Å². The van der Waals surface area contributed by atoms with Gasteiger partial charge in [0.2, 0.25) is 0 Å². The first kappa shape index (κ1) is 17.4. The van der Waals surface area contributed by atoms with E-state index in [0.29, 0.717) is 5.25 Å². The lowest BCUT2D eigenvalue weighted by atomic mass is 9.93. The van der Waals surface area contributed by atoms with Crippen molar-refractivity contribution in [2.45, 2.75) is 43.3 Å². The Balaban J connectivity index is 1.87. The molecule has 0 unspecified atom stereocenters. The van der Waals surface area contributed by atoms with E-state index in [9.17, 15) is 4.79 Å². The van der Waals surface area contributed by atoms with Gasteiger partial charge in [-0.3, -0.25) is 4.79 Å². The number of nitrogens with zero attached hydrogens (tertiary/aromatic N) is 1. The third kappa shape index (κ3) is 5.03. The number of hydrogen-bond acceptors (Lipinski definition) is 3. The molecule has 122 valence electrons. The second-order valence-electron chi connectivity index (χ2n) is 6.32. The maximum Gasteiger partial charge on any atom is 0.253 e. The van der Waals surface area contributed by atoms with E-state index in [4.69, 9.17) is 0 Å². The Bertz CT molecular complexity index is 464. The molecular formula is C18H28N2OS. The standard InChI is InChI=1S/C18H28N2OS/c1-14(2)22-17-6-4-16(5-7-17)18(21)20-12-9-15(10-13-20)8-11-19-3/h4-7,14-15,19H,8-13H2,1-3H3. The van der Waals surface area contributed by atoms with Crippen molar-refractivity contribution in [3.05, 3.63) is 29.8 Å². The van der Waals surface area contributed by atoms with Gasteiger partial charge >= 0.3 is 0 Å². The first-order valence-electron chi connectivity index (χ1n) is 8.30. The summed E-state index contributed by atoms with van der Waals surface area (Å²) in [5, 5.41) is 3.78. The second-order valence-corrected chi connectivity index (χ2v) is 7.97. The van der Waals surface area contributed by atoms with Crippen LogP contribution in [0.4, 0.5) is 0 Å². The van der Waals surface area contributed by atoms with Crippen LogP contribution in [0.15, 0.2) is 29.2 Å². The Hall–Kier alpha value is -1.00. The summed E-state index contributed by atoms with van der Waals surface area (Å²) < 4.78 is 0. The Morgan fingerprint density at radius 3 is 2.45 bits per heavy atom. The molecule has 1 fully saturated rings. The van der Waals surface area contributed by atoms with Crippen LogP contribution in [0.1, 0.15) is 43.5 Å². The smallest absolute Gasteiger partial charge is 0.253 e. The van der Waals surface area contributed by atoms with E-state index in [1.165, 1.54) is 11.3 Å². The molecule has 0 saturated carbocycles. The summed E-state index contributed by atoms with van der Waals surface area (Å²) in [6.07, 6.45) is 3.49. The summed E-state index contributed by atoms with van der Waals surface area (Å²) in [5.74, 6) is 0.953. The predicted octanol–water partition coefficient (Wildman–Crippen LogP) is 3.65. The first-order valence-corrected chi connectivity index (χ1v) is 9.18. The van der Waals surface area contributed by atoms with Gasteiger partial charge in [-0.05, 0) is 63.0 Å². The average molecular weight is 321 g/mol. The van der Waals surface area contributed by atoms with Crippen LogP contribution >= 0.6 is 11.8 Å². The van der Waals surface area contributed by atoms with Crippen LogP contribution in [0.3, 0.4) is 0 Å². The van der Waals surface area contributed by atoms with E-state index in [1.807, 2.05) is 35.8 Å². The summed E-state index contributed by atoms with van der Waals surface area (Å²) in [7, 11) is 2.00. The van der Waals surface area contributed by atoms with Crippen LogP contribution in [-0.2, 0) is 0 Å². The maximum absolute atomic E-state index is 12.6. The molecule has 1 N–H and O–H groups in total. The number of nitrogens with one attached hydrogen (secondary N) is 1. The van der Waals surface area contributed by atoms with Crippen LogP contribution in [-0.4, -0.2) is 42.7 Å². The van der Waals surface area contributed by atoms with Gasteiger partial charge in [-0.15, -0.1) is 11.8 Å². The van der Waals surface area contributed by atoms with E-state index in [2.05, 4.69) is 31.3 Å². The summed E-state index contributed by atoms with van der Waals surface area (Å²) in [6.45, 7) is 7.24. The molecule has 4 heteroatoms. The molecule has 22 heavy (non-hydrogen) atoms. The zero-order valence-electron chi connectivity index (χ0n) is 14.0. The van der Waals surface area contributed by atoms with Gasteiger partial charge in [-0.25, -0.2) is 0 Å². The van der Waals surface area contributed by atoms with E-state index in [-0.39, 0.29) is 5.91 Å². The van der Waals surface area contributed by atoms with Gasteiger partial charge in [0.25, 0.3) is 5.91 Å². The molecule has 0 spiro atoms. The minimum atomic E-state index is 0.188. The zero-order valence-corrected chi connectivity index (χ0v) is 14.8. The Morgan fingerprint density at radius 2 is 1.91 bits per heavy atom. The maximum atomic E-state index is 12.6. The van der Waals surface area contributed by atoms with Crippen molar-refractivity contribution in [3.8, 4) is 0 Å². The molecule has 2 rings (SSSR count). The summed E-state index contributed by atoms with van der Waals surface area (Å²) in [4.78, 5) is 15.8. The Kier molecular flexibility index (Phi) is 6.77. The lowest BCUT2D eigenvalue weighted by molar-refractivity contribution is 0.0687. The second kappa shape index (κ2) is 8.59. The molecule has 0 bridgehead atoms. The Labute approximate surface area is 138 Å². The SMILES string of the molecule is CNCCC1CCN(C(=O)c2ccc(SC(C)C)cc2)CC1. The third-order valence-corrected chi connectivity index (χ3v) is 5.19. The topological polar surface area (TPSA) is 32.3 Å². The zero-order chi connectivity index (χ0) is 15.9. The van der Waals surface area contributed by atoms with Gasteiger partial charge < -0.3 is 10.2 Å². The van der Waals surface area contributed by atoms with Crippen LogP contribution in [0.25, 0.3) is 0 Å². The monoisotopic (exact) mass is 320 g/mol. The molecule has 1 aliphatic heterocycles. The van der Waals surface area contributed by atoms with Gasteiger partial charge in [-0.2, -0.15) is 0 Å². The fraction of sp³-hybridized carbons (Fsp3) is 0.611. The summed E-state index contributed by atoms with van der Waals surface area (Å²) in [5.41, 5.74) is 0.821. The summed E-state index contributed by atoms with van der Waals surface area (Å²) in [6, 6.07) is 8.08. The Morgan fingerprint density at radius 1 is 1.27 bits per heavy atom. The van der Waals surface area contributed by atoms with Crippen molar-refractivity contribution >= 4 is 17.7 Å². The summed E-state index contributed by atoms with van der Waals surface area (Å²) >= 11 is 1.83. The van der Waals surface area contributed by atoms with Crippen LogP contribution in [0.2, 0.25) is 0 Å². The number of carbonyl (C=O) groups excluding carboxylic acids is 1. The number of hydrogen-bond donors (Lipinski definition) is 1.